The molecule has 0 saturated heterocycles. The predicted octanol–water partition coefficient (Wildman–Crippen LogP) is 2.49. The second-order valence-electron chi connectivity index (χ2n) is 4.23. The van der Waals surface area contributed by atoms with Gasteiger partial charge in [0.1, 0.15) is 0 Å². The molecule has 0 spiro atoms. The Bertz CT molecular complexity index is 367. The molecule has 0 bridgehead atoms. The summed E-state index contributed by atoms with van der Waals surface area (Å²) in [6, 6.07) is 8.89. The molecular formula is C14H19BrN2. The van der Waals surface area contributed by atoms with Gasteiger partial charge >= 0.3 is 0 Å². The van der Waals surface area contributed by atoms with Gasteiger partial charge in [0.15, 0.2) is 0 Å². The summed E-state index contributed by atoms with van der Waals surface area (Å²) in [7, 11) is 2.13. The van der Waals surface area contributed by atoms with Gasteiger partial charge in [0.25, 0.3) is 0 Å². The Morgan fingerprint density at radius 3 is 2.65 bits per heavy atom. The lowest BCUT2D eigenvalue weighted by molar-refractivity contribution is 0.245. The second-order valence-corrected chi connectivity index (χ2v) is 5.14. The van der Waals surface area contributed by atoms with E-state index in [2.05, 4.69) is 70.3 Å². The Kier molecular flexibility index (Phi) is 6.28. The van der Waals surface area contributed by atoms with E-state index in [1.54, 1.807) is 0 Å². The summed E-state index contributed by atoms with van der Waals surface area (Å²) in [6.07, 6.45) is 5.20. The Hall–Kier alpha value is -0.820. The van der Waals surface area contributed by atoms with E-state index in [4.69, 9.17) is 6.42 Å². The standard InChI is InChI=1S/C14H19BrN2/c1-4-9-16-10-12(2)17(3)11-13-5-7-14(15)8-6-13/h1,5-8,12,16H,9-11H2,2-3H3. The first kappa shape index (κ1) is 14.2. The summed E-state index contributed by atoms with van der Waals surface area (Å²) in [5.41, 5.74) is 1.32. The van der Waals surface area contributed by atoms with Crippen LogP contribution < -0.4 is 5.32 Å². The fourth-order valence-corrected chi connectivity index (χ4v) is 1.81. The molecule has 0 aliphatic heterocycles. The minimum Gasteiger partial charge on any atom is -0.305 e. The van der Waals surface area contributed by atoms with E-state index in [9.17, 15) is 0 Å². The van der Waals surface area contributed by atoms with Crippen molar-refractivity contribution in [3.05, 3.63) is 34.3 Å². The van der Waals surface area contributed by atoms with Gasteiger partial charge in [-0.15, -0.1) is 6.42 Å². The molecule has 0 fully saturated rings. The fraction of sp³-hybridized carbons (Fsp3) is 0.429. The summed E-state index contributed by atoms with van der Waals surface area (Å²) in [5.74, 6) is 2.58. The van der Waals surface area contributed by atoms with Crippen LogP contribution in [0.3, 0.4) is 0 Å². The van der Waals surface area contributed by atoms with Gasteiger partial charge in [-0.3, -0.25) is 4.90 Å². The first-order chi connectivity index (χ1) is 8.13. The number of benzene rings is 1. The van der Waals surface area contributed by atoms with Crippen molar-refractivity contribution in [3.63, 3.8) is 0 Å². The van der Waals surface area contributed by atoms with Crippen LogP contribution in [0.2, 0.25) is 0 Å². The largest absolute Gasteiger partial charge is 0.305 e. The lowest BCUT2D eigenvalue weighted by atomic mass is 10.2. The molecule has 0 heterocycles. The molecule has 1 atom stereocenters. The van der Waals surface area contributed by atoms with Gasteiger partial charge in [0, 0.05) is 23.6 Å². The van der Waals surface area contributed by atoms with Crippen molar-refractivity contribution in [2.75, 3.05) is 20.1 Å². The van der Waals surface area contributed by atoms with E-state index in [0.717, 1.165) is 17.6 Å². The van der Waals surface area contributed by atoms with Crippen LogP contribution >= 0.6 is 15.9 Å². The number of rotatable bonds is 6. The maximum Gasteiger partial charge on any atom is 0.0574 e. The van der Waals surface area contributed by atoms with Crippen molar-refractivity contribution in [1.82, 2.24) is 10.2 Å². The van der Waals surface area contributed by atoms with Gasteiger partial charge in [0.05, 0.1) is 6.54 Å². The topological polar surface area (TPSA) is 15.3 Å². The average molecular weight is 295 g/mol. The fourth-order valence-electron chi connectivity index (χ4n) is 1.54. The summed E-state index contributed by atoms with van der Waals surface area (Å²) in [5, 5.41) is 3.23. The Morgan fingerprint density at radius 1 is 1.41 bits per heavy atom. The van der Waals surface area contributed by atoms with Gasteiger partial charge in [-0.2, -0.15) is 0 Å². The third-order valence-electron chi connectivity index (χ3n) is 2.76. The van der Waals surface area contributed by atoms with Crippen LogP contribution in [-0.4, -0.2) is 31.1 Å². The molecule has 0 radical (unpaired) electrons. The molecule has 17 heavy (non-hydrogen) atoms. The maximum absolute atomic E-state index is 5.20. The molecule has 1 rings (SSSR count). The molecule has 2 nitrogen and oxygen atoms in total. The number of nitrogens with zero attached hydrogens (tertiary/aromatic N) is 1. The van der Waals surface area contributed by atoms with Crippen LogP contribution in [0.4, 0.5) is 0 Å². The normalized spacial score (nSPS) is 12.4. The molecule has 0 aliphatic rings. The lowest BCUT2D eigenvalue weighted by Gasteiger charge is -2.24. The minimum atomic E-state index is 0.465. The zero-order valence-corrected chi connectivity index (χ0v) is 12.0. The minimum absolute atomic E-state index is 0.465. The number of nitrogens with one attached hydrogen (secondary N) is 1. The van der Waals surface area contributed by atoms with Crippen molar-refractivity contribution < 1.29 is 0 Å². The van der Waals surface area contributed by atoms with Crippen LogP contribution in [0.25, 0.3) is 0 Å². The zero-order valence-electron chi connectivity index (χ0n) is 10.4. The highest BCUT2D eigenvalue weighted by Crippen LogP contribution is 2.12. The van der Waals surface area contributed by atoms with Crippen LogP contribution in [-0.2, 0) is 6.54 Å². The summed E-state index contributed by atoms with van der Waals surface area (Å²) < 4.78 is 1.12. The van der Waals surface area contributed by atoms with Crippen LogP contribution in [0.5, 0.6) is 0 Å². The van der Waals surface area contributed by atoms with E-state index < -0.39 is 0 Å². The molecule has 1 N–H and O–H groups in total. The highest BCUT2D eigenvalue weighted by Gasteiger charge is 2.08. The van der Waals surface area contributed by atoms with Crippen LogP contribution in [0, 0.1) is 12.3 Å². The number of terminal acetylenes is 1. The SMILES string of the molecule is C#CCNCC(C)N(C)Cc1ccc(Br)cc1. The summed E-state index contributed by atoms with van der Waals surface area (Å²) >= 11 is 3.44. The van der Waals surface area contributed by atoms with E-state index in [1.165, 1.54) is 5.56 Å². The highest BCUT2D eigenvalue weighted by atomic mass is 79.9. The van der Waals surface area contributed by atoms with Gasteiger partial charge in [-0.25, -0.2) is 0 Å². The molecule has 1 unspecified atom stereocenters. The number of hydrogen-bond acceptors (Lipinski definition) is 2. The van der Waals surface area contributed by atoms with Crippen LogP contribution in [0.1, 0.15) is 12.5 Å². The van der Waals surface area contributed by atoms with Crippen molar-refractivity contribution in [1.29, 1.82) is 0 Å². The molecule has 0 amide bonds. The van der Waals surface area contributed by atoms with Crippen molar-refractivity contribution in [2.24, 2.45) is 0 Å². The van der Waals surface area contributed by atoms with Gasteiger partial charge in [0.2, 0.25) is 0 Å². The molecule has 1 aromatic carbocycles. The third-order valence-corrected chi connectivity index (χ3v) is 3.29. The van der Waals surface area contributed by atoms with Gasteiger partial charge < -0.3 is 5.32 Å². The van der Waals surface area contributed by atoms with Gasteiger partial charge in [-0.05, 0) is 31.7 Å². The van der Waals surface area contributed by atoms with E-state index >= 15 is 0 Å². The molecule has 3 heteroatoms. The monoisotopic (exact) mass is 294 g/mol. The molecule has 0 aromatic heterocycles. The van der Waals surface area contributed by atoms with E-state index in [1.807, 2.05) is 0 Å². The zero-order chi connectivity index (χ0) is 12.7. The molecular weight excluding hydrogens is 276 g/mol. The Morgan fingerprint density at radius 2 is 2.06 bits per heavy atom. The molecule has 0 saturated carbocycles. The average Bonchev–Trinajstić information content (AvgIpc) is 2.32. The third kappa shape index (κ3) is 5.36. The van der Waals surface area contributed by atoms with E-state index in [0.29, 0.717) is 12.6 Å². The number of halogens is 1. The van der Waals surface area contributed by atoms with Crippen molar-refractivity contribution in [2.45, 2.75) is 19.5 Å². The van der Waals surface area contributed by atoms with Crippen molar-refractivity contribution in [3.8, 4) is 12.3 Å². The van der Waals surface area contributed by atoms with Crippen LogP contribution in [0.15, 0.2) is 28.7 Å². The first-order valence-corrected chi connectivity index (χ1v) is 6.51. The molecule has 1 aromatic rings. The lowest BCUT2D eigenvalue weighted by Crippen LogP contribution is -2.37. The predicted molar refractivity (Wildman–Crippen MR) is 76.8 cm³/mol. The second kappa shape index (κ2) is 7.50. The van der Waals surface area contributed by atoms with Crippen molar-refractivity contribution >= 4 is 15.9 Å². The summed E-state index contributed by atoms with van der Waals surface area (Å²) in [4.78, 5) is 2.31. The number of likely N-dealkylation sites (N-methyl/N-ethyl adjacent to an activating group) is 1. The molecule has 92 valence electrons. The highest BCUT2D eigenvalue weighted by molar-refractivity contribution is 9.10. The maximum atomic E-state index is 5.20. The van der Waals surface area contributed by atoms with E-state index in [-0.39, 0.29) is 0 Å². The summed E-state index contributed by atoms with van der Waals surface area (Å²) in [6.45, 7) is 4.70. The Balaban J connectivity index is 2.40. The number of hydrogen-bond donors (Lipinski definition) is 1. The quantitative estimate of drug-likeness (QED) is 0.641. The first-order valence-electron chi connectivity index (χ1n) is 5.72. The van der Waals surface area contributed by atoms with Gasteiger partial charge in [-0.1, -0.05) is 34.0 Å². The smallest absolute Gasteiger partial charge is 0.0574 e. The molecule has 0 aliphatic carbocycles. The Labute approximate surface area is 113 Å².